The molecule has 0 N–H and O–H groups in total. The van der Waals surface area contributed by atoms with E-state index in [0.29, 0.717) is 19.1 Å². The monoisotopic (exact) mass is 266 g/mol. The van der Waals surface area contributed by atoms with Crippen LogP contribution in [0.15, 0.2) is 12.2 Å². The fourth-order valence-electron chi connectivity index (χ4n) is 3.07. The van der Waals surface area contributed by atoms with E-state index in [9.17, 15) is 4.79 Å². The second-order valence-corrected chi connectivity index (χ2v) is 5.83. The maximum absolute atomic E-state index is 12.1. The minimum atomic E-state index is -0.286. The van der Waals surface area contributed by atoms with Gasteiger partial charge in [0, 0.05) is 6.61 Å². The Balaban J connectivity index is 1.52. The van der Waals surface area contributed by atoms with Crippen LogP contribution in [0.4, 0.5) is 0 Å². The largest absolute Gasteiger partial charge is 0.463 e. The van der Waals surface area contributed by atoms with Crippen molar-refractivity contribution in [1.29, 1.82) is 0 Å². The molecule has 0 amide bonds. The van der Waals surface area contributed by atoms with Crippen molar-refractivity contribution in [1.82, 2.24) is 0 Å². The fraction of sp³-hybridized carbons (Fsp3) is 0.812. The zero-order chi connectivity index (χ0) is 13.6. The first-order valence-electron chi connectivity index (χ1n) is 7.71. The number of carbonyl (C=O) groups is 1. The van der Waals surface area contributed by atoms with E-state index in [4.69, 9.17) is 9.47 Å². The van der Waals surface area contributed by atoms with Crippen LogP contribution < -0.4 is 0 Å². The van der Waals surface area contributed by atoms with Gasteiger partial charge in [-0.05, 0) is 31.6 Å². The molecule has 0 heterocycles. The summed E-state index contributed by atoms with van der Waals surface area (Å²) in [6.45, 7) is 3.91. The summed E-state index contributed by atoms with van der Waals surface area (Å²) in [5.74, 6) is 0.570. The third kappa shape index (κ3) is 3.82. The molecule has 0 aromatic heterocycles. The number of esters is 1. The highest BCUT2D eigenvalue weighted by atomic mass is 16.6. The predicted molar refractivity (Wildman–Crippen MR) is 74.8 cm³/mol. The lowest BCUT2D eigenvalue weighted by atomic mass is 9.88. The summed E-state index contributed by atoms with van der Waals surface area (Å²) in [4.78, 5) is 12.1. The molecule has 1 fully saturated rings. The molecule has 2 aliphatic carbocycles. The molecule has 3 heteroatoms. The van der Waals surface area contributed by atoms with E-state index in [-0.39, 0.29) is 11.4 Å². The maximum atomic E-state index is 12.1. The second kappa shape index (κ2) is 7.09. The molecule has 0 radical (unpaired) electrons. The lowest BCUT2D eigenvalue weighted by Gasteiger charge is -2.21. The van der Waals surface area contributed by atoms with Gasteiger partial charge in [-0.15, -0.1) is 0 Å². The molecule has 1 saturated carbocycles. The number of unbranched alkanes of at least 4 members (excludes halogenated alkanes) is 3. The van der Waals surface area contributed by atoms with Gasteiger partial charge in [-0.1, -0.05) is 38.3 Å². The van der Waals surface area contributed by atoms with Crippen molar-refractivity contribution in [3.63, 3.8) is 0 Å². The average molecular weight is 266 g/mol. The molecule has 2 bridgehead atoms. The second-order valence-electron chi connectivity index (χ2n) is 5.83. The Hall–Kier alpha value is -0.830. The molecule has 2 atom stereocenters. The van der Waals surface area contributed by atoms with E-state index in [1.165, 1.54) is 19.3 Å². The molecular formula is C16H26O3. The Morgan fingerprint density at radius 1 is 1.26 bits per heavy atom. The number of allylic oxidation sites excluding steroid dienone is 1. The van der Waals surface area contributed by atoms with Crippen LogP contribution in [0.5, 0.6) is 0 Å². The van der Waals surface area contributed by atoms with Crippen LogP contribution in [-0.2, 0) is 14.3 Å². The van der Waals surface area contributed by atoms with Gasteiger partial charge >= 0.3 is 5.97 Å². The molecule has 2 unspecified atom stereocenters. The zero-order valence-corrected chi connectivity index (χ0v) is 12.0. The van der Waals surface area contributed by atoms with Crippen molar-refractivity contribution in [3.8, 4) is 0 Å². The van der Waals surface area contributed by atoms with Crippen LogP contribution in [-0.4, -0.2) is 25.8 Å². The van der Waals surface area contributed by atoms with Gasteiger partial charge in [0.1, 0.15) is 6.61 Å². The summed E-state index contributed by atoms with van der Waals surface area (Å²) in [5.41, 5.74) is -0.286. The molecule has 0 aliphatic heterocycles. The van der Waals surface area contributed by atoms with Crippen LogP contribution in [0.2, 0.25) is 0 Å². The van der Waals surface area contributed by atoms with E-state index >= 15 is 0 Å². The van der Waals surface area contributed by atoms with Crippen LogP contribution in [0.25, 0.3) is 0 Å². The normalized spacial score (nSPS) is 27.9. The minimum absolute atomic E-state index is 0.0432. The number of carbonyl (C=O) groups excluding carboxylic acids is 1. The highest BCUT2D eigenvalue weighted by Gasteiger charge is 2.47. The first-order valence-corrected chi connectivity index (χ1v) is 7.71. The van der Waals surface area contributed by atoms with Crippen LogP contribution in [0.1, 0.15) is 51.9 Å². The fourth-order valence-corrected chi connectivity index (χ4v) is 3.07. The maximum Gasteiger partial charge on any atom is 0.316 e. The molecular weight excluding hydrogens is 240 g/mol. The van der Waals surface area contributed by atoms with E-state index in [2.05, 4.69) is 19.1 Å². The Bertz CT molecular complexity index is 324. The molecule has 108 valence electrons. The molecule has 2 rings (SSSR count). The van der Waals surface area contributed by atoms with Gasteiger partial charge in [0.05, 0.1) is 12.0 Å². The van der Waals surface area contributed by atoms with Gasteiger partial charge < -0.3 is 9.47 Å². The van der Waals surface area contributed by atoms with Crippen LogP contribution in [0.3, 0.4) is 0 Å². The summed E-state index contributed by atoms with van der Waals surface area (Å²) in [7, 11) is 0. The Labute approximate surface area is 116 Å². The van der Waals surface area contributed by atoms with E-state index in [1.807, 2.05) is 0 Å². The Kier molecular flexibility index (Phi) is 5.44. The summed E-state index contributed by atoms with van der Waals surface area (Å²) in [5, 5.41) is 0. The lowest BCUT2D eigenvalue weighted by Crippen LogP contribution is -2.28. The van der Waals surface area contributed by atoms with Crippen molar-refractivity contribution in [2.75, 3.05) is 19.8 Å². The van der Waals surface area contributed by atoms with Gasteiger partial charge in [-0.3, -0.25) is 4.79 Å². The number of ether oxygens (including phenoxy) is 2. The molecule has 0 aromatic rings. The summed E-state index contributed by atoms with van der Waals surface area (Å²) in [6.07, 6.45) is 12.2. The molecule has 0 saturated heterocycles. The smallest absolute Gasteiger partial charge is 0.316 e. The number of hydrogen-bond acceptors (Lipinski definition) is 3. The van der Waals surface area contributed by atoms with Crippen molar-refractivity contribution in [2.24, 2.45) is 11.3 Å². The lowest BCUT2D eigenvalue weighted by molar-refractivity contribution is -0.154. The van der Waals surface area contributed by atoms with Crippen molar-refractivity contribution < 1.29 is 14.3 Å². The average Bonchev–Trinajstić information content (AvgIpc) is 3.03. The van der Waals surface area contributed by atoms with Crippen molar-refractivity contribution in [3.05, 3.63) is 12.2 Å². The molecule has 19 heavy (non-hydrogen) atoms. The first-order chi connectivity index (χ1) is 9.27. The van der Waals surface area contributed by atoms with Gasteiger partial charge in [-0.25, -0.2) is 0 Å². The van der Waals surface area contributed by atoms with E-state index in [1.54, 1.807) is 0 Å². The SMILES string of the molecule is CCCCCCOCCOC(=O)C12C=CC(CC1)C2. The van der Waals surface area contributed by atoms with Gasteiger partial charge in [0.2, 0.25) is 0 Å². The number of hydrogen-bond donors (Lipinski definition) is 0. The molecule has 0 spiro atoms. The third-order valence-corrected chi connectivity index (χ3v) is 4.28. The highest BCUT2D eigenvalue weighted by molar-refractivity contribution is 5.80. The summed E-state index contributed by atoms with van der Waals surface area (Å²) >= 11 is 0. The zero-order valence-electron chi connectivity index (χ0n) is 12.0. The quantitative estimate of drug-likeness (QED) is 0.364. The predicted octanol–water partition coefficient (Wildman–Crippen LogP) is 3.48. The standard InChI is InChI=1S/C16H26O3/c1-2-3-4-5-10-18-11-12-19-15(17)16-8-6-14(13-16)7-9-16/h6,8,14H,2-5,7,9-13H2,1H3. The van der Waals surface area contributed by atoms with E-state index in [0.717, 1.165) is 32.3 Å². The topological polar surface area (TPSA) is 35.5 Å². The number of rotatable bonds is 9. The summed E-state index contributed by atoms with van der Waals surface area (Å²) < 4.78 is 10.8. The third-order valence-electron chi connectivity index (χ3n) is 4.28. The molecule has 3 nitrogen and oxygen atoms in total. The van der Waals surface area contributed by atoms with Gasteiger partial charge in [0.25, 0.3) is 0 Å². The summed E-state index contributed by atoms with van der Waals surface area (Å²) in [6, 6.07) is 0. The Morgan fingerprint density at radius 3 is 2.79 bits per heavy atom. The molecule has 0 aromatic carbocycles. The number of fused-ring (bicyclic) bond motifs is 2. The van der Waals surface area contributed by atoms with Crippen LogP contribution in [0, 0.1) is 11.3 Å². The first kappa shape index (κ1) is 14.6. The molecule has 2 aliphatic rings. The van der Waals surface area contributed by atoms with Gasteiger partial charge in [-0.2, -0.15) is 0 Å². The van der Waals surface area contributed by atoms with E-state index < -0.39 is 0 Å². The van der Waals surface area contributed by atoms with Crippen molar-refractivity contribution >= 4 is 5.97 Å². The van der Waals surface area contributed by atoms with Crippen LogP contribution >= 0.6 is 0 Å². The minimum Gasteiger partial charge on any atom is -0.463 e. The van der Waals surface area contributed by atoms with Gasteiger partial charge in [0.15, 0.2) is 0 Å². The highest BCUT2D eigenvalue weighted by Crippen LogP contribution is 2.49. The van der Waals surface area contributed by atoms with Crippen molar-refractivity contribution in [2.45, 2.75) is 51.9 Å². The Morgan fingerprint density at radius 2 is 2.16 bits per heavy atom.